The molecule has 7 heteroatoms. The summed E-state index contributed by atoms with van der Waals surface area (Å²) in [5, 5.41) is 2.73. The molecule has 0 saturated carbocycles. The van der Waals surface area contributed by atoms with Crippen molar-refractivity contribution in [3.63, 3.8) is 0 Å². The zero-order valence-corrected chi connectivity index (χ0v) is 13.1. The van der Waals surface area contributed by atoms with Gasteiger partial charge in [0.1, 0.15) is 0 Å². The molecular weight excluding hydrogens is 321 g/mol. The molecule has 0 fully saturated rings. The maximum atomic E-state index is 12.1. The van der Waals surface area contributed by atoms with Crippen molar-refractivity contribution in [2.24, 2.45) is 0 Å². The van der Waals surface area contributed by atoms with E-state index in [0.29, 0.717) is 5.56 Å². The maximum absolute atomic E-state index is 12.1. The molecule has 128 valence electrons. The summed E-state index contributed by atoms with van der Waals surface area (Å²) in [5.41, 5.74) is 2.57. The minimum Gasteiger partial charge on any atom is -0.468 e. The summed E-state index contributed by atoms with van der Waals surface area (Å²) < 4.78 is 41.0. The Balaban J connectivity index is 1.87. The zero-order chi connectivity index (χ0) is 17.6. The highest BCUT2D eigenvalue weighted by Crippen LogP contribution is 2.17. The fourth-order valence-electron chi connectivity index (χ4n) is 2.04. The van der Waals surface area contributed by atoms with Gasteiger partial charge in [-0.3, -0.25) is 4.79 Å². The predicted octanol–water partition coefficient (Wildman–Crippen LogP) is 3.19. The Morgan fingerprint density at radius 2 is 2.00 bits per heavy atom. The topological polar surface area (TPSA) is 51.2 Å². The second-order valence-corrected chi connectivity index (χ2v) is 5.29. The Bertz CT molecular complexity index is 702. The van der Waals surface area contributed by atoms with E-state index in [-0.39, 0.29) is 24.8 Å². The van der Waals surface area contributed by atoms with Crippen molar-refractivity contribution in [3.05, 3.63) is 59.3 Å². The van der Waals surface area contributed by atoms with Gasteiger partial charge in [-0.25, -0.2) is 4.98 Å². The summed E-state index contributed by atoms with van der Waals surface area (Å²) in [7, 11) is 0. The molecule has 1 aromatic carbocycles. The molecule has 0 aliphatic rings. The van der Waals surface area contributed by atoms with E-state index in [1.807, 2.05) is 31.2 Å². The summed E-state index contributed by atoms with van der Waals surface area (Å²) >= 11 is 0. The highest BCUT2D eigenvalue weighted by atomic mass is 19.4. The molecule has 0 unspecified atom stereocenters. The van der Waals surface area contributed by atoms with Crippen LogP contribution in [0.3, 0.4) is 0 Å². The first-order chi connectivity index (χ1) is 11.3. The molecule has 24 heavy (non-hydrogen) atoms. The average molecular weight is 338 g/mol. The van der Waals surface area contributed by atoms with Gasteiger partial charge in [0.05, 0.1) is 6.42 Å². The largest absolute Gasteiger partial charge is 0.468 e. The quantitative estimate of drug-likeness (QED) is 0.880. The second-order valence-electron chi connectivity index (χ2n) is 5.29. The maximum Gasteiger partial charge on any atom is 0.422 e. The number of carbonyl (C=O) groups is 1. The first kappa shape index (κ1) is 17.8. The smallest absolute Gasteiger partial charge is 0.422 e. The molecule has 1 heterocycles. The number of hydrogen-bond acceptors (Lipinski definition) is 3. The van der Waals surface area contributed by atoms with Crippen molar-refractivity contribution in [2.45, 2.75) is 26.1 Å². The number of halogens is 3. The molecule has 0 spiro atoms. The standard InChI is InChI=1S/C17H17F3N2O2/c1-12-4-2-3-5-14(12)9-15(23)22-10-13-6-7-21-16(8-13)24-11-17(18,19)20/h2-8H,9-11H2,1H3,(H,22,23). The normalized spacial score (nSPS) is 11.2. The number of aryl methyl sites for hydroxylation is 1. The molecule has 1 N–H and O–H groups in total. The van der Waals surface area contributed by atoms with E-state index < -0.39 is 12.8 Å². The first-order valence-electron chi connectivity index (χ1n) is 7.29. The molecule has 0 radical (unpaired) electrons. The number of aromatic nitrogens is 1. The number of benzene rings is 1. The number of ether oxygens (including phenoxy) is 1. The van der Waals surface area contributed by atoms with Crippen molar-refractivity contribution in [2.75, 3.05) is 6.61 Å². The molecule has 4 nitrogen and oxygen atoms in total. The Morgan fingerprint density at radius 3 is 2.71 bits per heavy atom. The monoisotopic (exact) mass is 338 g/mol. The summed E-state index contributed by atoms with van der Waals surface area (Å²) in [6.07, 6.45) is -2.83. The van der Waals surface area contributed by atoms with Crippen LogP contribution in [0.2, 0.25) is 0 Å². The molecule has 2 aromatic rings. The first-order valence-corrected chi connectivity index (χ1v) is 7.29. The van der Waals surface area contributed by atoms with E-state index in [1.165, 1.54) is 12.3 Å². The number of rotatable bonds is 6. The molecule has 0 bridgehead atoms. The number of carbonyl (C=O) groups excluding carboxylic acids is 1. The van der Waals surface area contributed by atoms with Crippen LogP contribution in [-0.2, 0) is 17.8 Å². The number of nitrogens with one attached hydrogen (secondary N) is 1. The molecule has 0 aliphatic carbocycles. The van der Waals surface area contributed by atoms with Crippen molar-refractivity contribution in [1.82, 2.24) is 10.3 Å². The molecular formula is C17H17F3N2O2. The summed E-state index contributed by atoms with van der Waals surface area (Å²) in [6.45, 7) is 0.717. The number of pyridine rings is 1. The number of amides is 1. The van der Waals surface area contributed by atoms with Crippen LogP contribution in [0, 0.1) is 6.92 Å². The SMILES string of the molecule is Cc1ccccc1CC(=O)NCc1ccnc(OCC(F)(F)F)c1. The van der Waals surface area contributed by atoms with E-state index in [1.54, 1.807) is 6.07 Å². The lowest BCUT2D eigenvalue weighted by Gasteiger charge is -2.10. The van der Waals surface area contributed by atoms with Crippen LogP contribution in [0.15, 0.2) is 42.6 Å². The highest BCUT2D eigenvalue weighted by Gasteiger charge is 2.28. The van der Waals surface area contributed by atoms with Gasteiger partial charge in [0.15, 0.2) is 6.61 Å². The van der Waals surface area contributed by atoms with Gasteiger partial charge < -0.3 is 10.1 Å². The Morgan fingerprint density at radius 1 is 1.25 bits per heavy atom. The number of alkyl halides is 3. The molecule has 1 aromatic heterocycles. The minimum atomic E-state index is -4.42. The average Bonchev–Trinajstić information content (AvgIpc) is 2.53. The molecule has 0 atom stereocenters. The third kappa shape index (κ3) is 5.91. The van der Waals surface area contributed by atoms with Gasteiger partial charge in [0.2, 0.25) is 11.8 Å². The Kier molecular flexibility index (Phi) is 5.78. The van der Waals surface area contributed by atoms with Crippen LogP contribution in [-0.4, -0.2) is 23.7 Å². The number of nitrogens with zero attached hydrogens (tertiary/aromatic N) is 1. The van der Waals surface area contributed by atoms with Crippen LogP contribution in [0.5, 0.6) is 5.88 Å². The van der Waals surface area contributed by atoms with Gasteiger partial charge in [-0.2, -0.15) is 13.2 Å². The van der Waals surface area contributed by atoms with E-state index in [4.69, 9.17) is 0 Å². The zero-order valence-electron chi connectivity index (χ0n) is 13.1. The second kappa shape index (κ2) is 7.81. The lowest BCUT2D eigenvalue weighted by Crippen LogP contribution is -2.25. The van der Waals surface area contributed by atoms with Gasteiger partial charge in [-0.05, 0) is 29.7 Å². The van der Waals surface area contributed by atoms with Crippen molar-refractivity contribution in [3.8, 4) is 5.88 Å². The lowest BCUT2D eigenvalue weighted by atomic mass is 10.1. The van der Waals surface area contributed by atoms with Crippen LogP contribution in [0.4, 0.5) is 13.2 Å². The van der Waals surface area contributed by atoms with Gasteiger partial charge in [0.25, 0.3) is 0 Å². The Labute approximate surface area is 137 Å². The fourth-order valence-corrected chi connectivity index (χ4v) is 2.04. The molecule has 0 saturated heterocycles. The van der Waals surface area contributed by atoms with Gasteiger partial charge in [-0.1, -0.05) is 24.3 Å². The summed E-state index contributed by atoms with van der Waals surface area (Å²) in [5.74, 6) is -0.295. The van der Waals surface area contributed by atoms with Crippen molar-refractivity contribution in [1.29, 1.82) is 0 Å². The van der Waals surface area contributed by atoms with Crippen LogP contribution < -0.4 is 10.1 Å². The van der Waals surface area contributed by atoms with E-state index >= 15 is 0 Å². The molecule has 1 amide bonds. The summed E-state index contributed by atoms with van der Waals surface area (Å²) in [6, 6.07) is 10.5. The van der Waals surface area contributed by atoms with Crippen LogP contribution in [0.1, 0.15) is 16.7 Å². The molecule has 0 aliphatic heterocycles. The van der Waals surface area contributed by atoms with Crippen LogP contribution in [0.25, 0.3) is 0 Å². The van der Waals surface area contributed by atoms with Crippen molar-refractivity contribution < 1.29 is 22.7 Å². The van der Waals surface area contributed by atoms with Crippen molar-refractivity contribution >= 4 is 5.91 Å². The predicted molar refractivity (Wildman–Crippen MR) is 82.5 cm³/mol. The number of hydrogen-bond donors (Lipinski definition) is 1. The van der Waals surface area contributed by atoms with E-state index in [2.05, 4.69) is 15.0 Å². The third-order valence-electron chi connectivity index (χ3n) is 3.28. The van der Waals surface area contributed by atoms with Crippen LogP contribution >= 0.6 is 0 Å². The van der Waals surface area contributed by atoms with E-state index in [9.17, 15) is 18.0 Å². The fraction of sp³-hybridized carbons (Fsp3) is 0.294. The minimum absolute atomic E-state index is 0.127. The van der Waals surface area contributed by atoms with E-state index in [0.717, 1.165) is 11.1 Å². The highest BCUT2D eigenvalue weighted by molar-refractivity contribution is 5.78. The molecule has 2 rings (SSSR count). The van der Waals surface area contributed by atoms with Gasteiger partial charge >= 0.3 is 6.18 Å². The summed E-state index contributed by atoms with van der Waals surface area (Å²) in [4.78, 5) is 15.7. The van der Waals surface area contributed by atoms with Gasteiger partial charge in [0, 0.05) is 18.8 Å². The third-order valence-corrected chi connectivity index (χ3v) is 3.28. The lowest BCUT2D eigenvalue weighted by molar-refractivity contribution is -0.154. The van der Waals surface area contributed by atoms with Gasteiger partial charge in [-0.15, -0.1) is 0 Å². The Hall–Kier alpha value is -2.57.